The van der Waals surface area contributed by atoms with E-state index in [1.165, 1.54) is 0 Å². The van der Waals surface area contributed by atoms with Gasteiger partial charge >= 0.3 is 13.2 Å². The SMILES string of the molecule is FC(c1cncc([B-](F)(F)F)c1)C(F)(F)F. The largest absolute Gasteiger partial charge is 0.511 e. The molecule has 0 spiro atoms. The summed E-state index contributed by atoms with van der Waals surface area (Å²) in [6.07, 6.45) is -7.92. The van der Waals surface area contributed by atoms with Crippen LogP contribution in [0.3, 0.4) is 0 Å². The first-order valence-electron chi connectivity index (χ1n) is 3.98. The van der Waals surface area contributed by atoms with Gasteiger partial charge in [0.15, 0.2) is 0 Å². The van der Waals surface area contributed by atoms with Gasteiger partial charge in [0.05, 0.1) is 0 Å². The van der Waals surface area contributed by atoms with Gasteiger partial charge in [-0.25, -0.2) is 4.39 Å². The van der Waals surface area contributed by atoms with Gasteiger partial charge in [-0.05, 0) is 6.20 Å². The molecule has 1 unspecified atom stereocenters. The summed E-state index contributed by atoms with van der Waals surface area (Å²) in [5.74, 6) is 0. The molecule has 0 N–H and O–H groups in total. The first kappa shape index (κ1) is 12.8. The van der Waals surface area contributed by atoms with Crippen LogP contribution in [0.15, 0.2) is 18.5 Å². The number of hydrogen-bond acceptors (Lipinski definition) is 1. The van der Waals surface area contributed by atoms with Crippen molar-refractivity contribution in [1.82, 2.24) is 4.98 Å². The molecular weight excluding hydrogens is 242 g/mol. The molecule has 1 heterocycles. The lowest BCUT2D eigenvalue weighted by Crippen LogP contribution is -2.35. The standard InChI is InChI=1S/C7H4BF7N/c9-6(7(10,11)12)4-1-5(3-16-2-4)8(13,14)15/h1-3,6H/q-1. The Morgan fingerprint density at radius 3 is 2.12 bits per heavy atom. The quantitative estimate of drug-likeness (QED) is 0.577. The van der Waals surface area contributed by atoms with Crippen LogP contribution < -0.4 is 5.46 Å². The molecule has 1 rings (SSSR count). The second kappa shape index (κ2) is 3.95. The van der Waals surface area contributed by atoms with Gasteiger partial charge in [0, 0.05) is 11.8 Å². The maximum atomic E-state index is 12.7. The summed E-state index contributed by atoms with van der Waals surface area (Å²) in [7, 11) is 0. The fourth-order valence-electron chi connectivity index (χ4n) is 0.983. The van der Waals surface area contributed by atoms with Crippen molar-refractivity contribution >= 4 is 12.4 Å². The van der Waals surface area contributed by atoms with Gasteiger partial charge in [0.1, 0.15) is 0 Å². The average Bonchev–Trinajstić information content (AvgIpc) is 2.14. The highest BCUT2D eigenvalue weighted by Crippen LogP contribution is 2.35. The lowest BCUT2D eigenvalue weighted by molar-refractivity contribution is -0.182. The molecule has 9 heteroatoms. The predicted octanol–water partition coefficient (Wildman–Crippen LogP) is 2.71. The minimum absolute atomic E-state index is 0.116. The zero-order chi connectivity index (χ0) is 12.6. The molecule has 1 atom stereocenters. The summed E-state index contributed by atoms with van der Waals surface area (Å²) in [5.41, 5.74) is -2.51. The van der Waals surface area contributed by atoms with Gasteiger partial charge < -0.3 is 12.9 Å². The Bertz CT molecular complexity index is 372. The Hall–Kier alpha value is -1.28. The lowest BCUT2D eigenvalue weighted by Gasteiger charge is -2.17. The van der Waals surface area contributed by atoms with E-state index in [0.29, 0.717) is 12.4 Å². The Morgan fingerprint density at radius 1 is 1.12 bits per heavy atom. The van der Waals surface area contributed by atoms with Gasteiger partial charge in [-0.1, -0.05) is 11.5 Å². The van der Waals surface area contributed by atoms with Crippen molar-refractivity contribution in [2.45, 2.75) is 12.3 Å². The number of pyridine rings is 1. The van der Waals surface area contributed by atoms with Crippen LogP contribution >= 0.6 is 0 Å². The van der Waals surface area contributed by atoms with Gasteiger partial charge in [-0.15, -0.1) is 0 Å². The molecule has 0 aromatic carbocycles. The van der Waals surface area contributed by atoms with E-state index >= 15 is 0 Å². The molecule has 0 aliphatic rings. The molecule has 1 aromatic rings. The molecule has 0 aliphatic carbocycles. The molecule has 1 nitrogen and oxygen atoms in total. The third-order valence-corrected chi connectivity index (χ3v) is 1.74. The van der Waals surface area contributed by atoms with Crippen molar-refractivity contribution in [3.63, 3.8) is 0 Å². The Labute approximate surface area is 85.3 Å². The number of halogens is 7. The number of nitrogens with zero attached hydrogens (tertiary/aromatic N) is 1. The summed E-state index contributed by atoms with van der Waals surface area (Å²) in [4.78, 5) is 2.94. The number of rotatable bonds is 2. The normalized spacial score (nSPS) is 14.9. The Morgan fingerprint density at radius 2 is 1.69 bits per heavy atom. The van der Waals surface area contributed by atoms with Crippen molar-refractivity contribution in [2.75, 3.05) is 0 Å². The molecule has 16 heavy (non-hydrogen) atoms. The van der Waals surface area contributed by atoms with E-state index in [4.69, 9.17) is 0 Å². The third-order valence-electron chi connectivity index (χ3n) is 1.74. The molecule has 0 saturated heterocycles. The maximum Gasteiger partial charge on any atom is 0.511 e. The van der Waals surface area contributed by atoms with Crippen LogP contribution in [-0.4, -0.2) is 18.1 Å². The van der Waals surface area contributed by atoms with Gasteiger partial charge in [-0.3, -0.25) is 4.98 Å². The van der Waals surface area contributed by atoms with Gasteiger partial charge in [0.25, 0.3) is 0 Å². The van der Waals surface area contributed by atoms with Crippen molar-refractivity contribution in [1.29, 1.82) is 0 Å². The fraction of sp³-hybridized carbons (Fsp3) is 0.286. The lowest BCUT2D eigenvalue weighted by atomic mass is 9.80. The van der Waals surface area contributed by atoms with Gasteiger partial charge in [0.2, 0.25) is 6.17 Å². The van der Waals surface area contributed by atoms with Crippen LogP contribution in [0.2, 0.25) is 0 Å². The van der Waals surface area contributed by atoms with Crippen LogP contribution in [0.25, 0.3) is 0 Å². The summed E-state index contributed by atoms with van der Waals surface area (Å²) in [6, 6.07) is 0.116. The van der Waals surface area contributed by atoms with Crippen molar-refractivity contribution in [3.8, 4) is 0 Å². The second-order valence-corrected chi connectivity index (χ2v) is 3.03. The highest BCUT2D eigenvalue weighted by molar-refractivity contribution is 6.73. The predicted molar refractivity (Wildman–Crippen MR) is 42.9 cm³/mol. The topological polar surface area (TPSA) is 12.9 Å². The van der Waals surface area contributed by atoms with E-state index in [0.717, 1.165) is 0 Å². The Balaban J connectivity index is 3.09. The molecule has 0 bridgehead atoms. The minimum Gasteiger partial charge on any atom is -0.445 e. The van der Waals surface area contributed by atoms with Crippen LogP contribution in [-0.2, 0) is 0 Å². The maximum absolute atomic E-state index is 12.7. The molecule has 0 fully saturated rings. The average molecular weight is 246 g/mol. The van der Waals surface area contributed by atoms with E-state index in [-0.39, 0.29) is 6.07 Å². The van der Waals surface area contributed by atoms with Crippen LogP contribution in [0.5, 0.6) is 0 Å². The van der Waals surface area contributed by atoms with E-state index in [1.54, 1.807) is 0 Å². The van der Waals surface area contributed by atoms with E-state index < -0.39 is 30.4 Å². The third kappa shape index (κ3) is 2.86. The number of alkyl halides is 4. The Kier molecular flexibility index (Phi) is 3.16. The van der Waals surface area contributed by atoms with Crippen LogP contribution in [0, 0.1) is 0 Å². The van der Waals surface area contributed by atoms with Crippen LogP contribution in [0.4, 0.5) is 30.5 Å². The monoisotopic (exact) mass is 246 g/mol. The first-order valence-corrected chi connectivity index (χ1v) is 3.98. The number of hydrogen-bond donors (Lipinski definition) is 0. The van der Waals surface area contributed by atoms with Crippen molar-refractivity contribution in [3.05, 3.63) is 24.0 Å². The molecule has 0 radical (unpaired) electrons. The zero-order valence-electron chi connectivity index (χ0n) is 7.48. The number of aromatic nitrogens is 1. The first-order chi connectivity index (χ1) is 7.12. The van der Waals surface area contributed by atoms with E-state index in [2.05, 4.69) is 4.98 Å². The highest BCUT2D eigenvalue weighted by Gasteiger charge is 2.42. The summed E-state index contributed by atoms with van der Waals surface area (Å²) >= 11 is 0. The van der Waals surface area contributed by atoms with E-state index in [1.807, 2.05) is 0 Å². The van der Waals surface area contributed by atoms with Crippen LogP contribution in [0.1, 0.15) is 11.7 Å². The molecule has 90 valence electrons. The summed E-state index contributed by atoms with van der Waals surface area (Å²) in [6.45, 7) is -5.49. The van der Waals surface area contributed by atoms with Gasteiger partial charge in [-0.2, -0.15) is 13.2 Å². The molecule has 0 saturated carbocycles. The fourth-order valence-corrected chi connectivity index (χ4v) is 0.983. The van der Waals surface area contributed by atoms with E-state index in [9.17, 15) is 30.5 Å². The summed E-state index contributed by atoms with van der Waals surface area (Å²) < 4.78 is 84.8. The molecule has 0 aliphatic heterocycles. The second-order valence-electron chi connectivity index (χ2n) is 3.03. The zero-order valence-corrected chi connectivity index (χ0v) is 7.48. The molecular formula is C7H4BF7N-. The smallest absolute Gasteiger partial charge is 0.445 e. The molecule has 1 aromatic heterocycles. The van der Waals surface area contributed by atoms with Crippen molar-refractivity contribution in [2.24, 2.45) is 0 Å². The minimum atomic E-state index is -5.49. The highest BCUT2D eigenvalue weighted by atomic mass is 19.4. The molecule has 0 amide bonds. The summed E-state index contributed by atoms with van der Waals surface area (Å²) in [5, 5.41) is 0. The van der Waals surface area contributed by atoms with Crippen molar-refractivity contribution < 1.29 is 30.5 Å².